The minimum atomic E-state index is -3.80. The molecule has 2 fully saturated rings. The van der Waals surface area contributed by atoms with Crippen LogP contribution in [0.5, 0.6) is 11.5 Å². The summed E-state index contributed by atoms with van der Waals surface area (Å²) in [6.45, 7) is 2.41. The lowest BCUT2D eigenvalue weighted by Crippen LogP contribution is -2.56. The van der Waals surface area contributed by atoms with Crippen LogP contribution in [0.25, 0.3) is 0 Å². The smallest absolute Gasteiger partial charge is 0.289 e. The number of nitrogens with one attached hydrogen (secondary N) is 4. The summed E-state index contributed by atoms with van der Waals surface area (Å²) in [4.78, 5) is 56.6. The van der Waals surface area contributed by atoms with Gasteiger partial charge in [0.1, 0.15) is 24.8 Å². The molecule has 5 atom stereocenters. The number of carbonyl (C=O) groups is 4. The Kier molecular flexibility index (Phi) is 15.7. The van der Waals surface area contributed by atoms with Gasteiger partial charge in [-0.1, -0.05) is 35.9 Å². The van der Waals surface area contributed by atoms with Crippen LogP contribution in [0.15, 0.2) is 48.5 Å². The summed E-state index contributed by atoms with van der Waals surface area (Å²) in [6.07, 6.45) is 3.80. The van der Waals surface area contributed by atoms with Crippen LogP contribution in [0, 0.1) is 5.92 Å². The van der Waals surface area contributed by atoms with Crippen molar-refractivity contribution in [3.63, 3.8) is 0 Å². The maximum atomic E-state index is 14.3. The fraction of sp³-hybridized carbons (Fsp3) is 0.579. The highest BCUT2D eigenvalue weighted by Crippen LogP contribution is 2.31. The van der Waals surface area contributed by atoms with Gasteiger partial charge in [0, 0.05) is 18.0 Å². The second-order valence-corrected chi connectivity index (χ2v) is 16.6. The number of unbranched alkanes of at least 4 members (excludes halogenated alkanes) is 1. The molecule has 302 valence electrons. The Labute approximate surface area is 327 Å². The number of hydrogen-bond donors (Lipinski definition) is 5. The normalized spacial score (nSPS) is 21.1. The van der Waals surface area contributed by atoms with E-state index in [0.29, 0.717) is 48.2 Å². The van der Waals surface area contributed by atoms with Crippen molar-refractivity contribution >= 4 is 45.1 Å². The lowest BCUT2D eigenvalue weighted by atomic mass is 9.91. The van der Waals surface area contributed by atoms with Crippen LogP contribution in [0.1, 0.15) is 56.9 Å². The fourth-order valence-electron chi connectivity index (χ4n) is 7.11. The van der Waals surface area contributed by atoms with Crippen molar-refractivity contribution in [2.75, 3.05) is 45.6 Å². The summed E-state index contributed by atoms with van der Waals surface area (Å²) in [5, 5.41) is 9.24. The van der Waals surface area contributed by atoms with Gasteiger partial charge >= 0.3 is 0 Å². The van der Waals surface area contributed by atoms with E-state index < -0.39 is 63.9 Å². The van der Waals surface area contributed by atoms with E-state index in [4.69, 9.17) is 31.5 Å². The molecule has 6 N–H and O–H groups in total. The Balaban J connectivity index is 1.29. The second-order valence-electron chi connectivity index (χ2n) is 14.4. The molecular formula is C38H53ClN6O9S. The van der Waals surface area contributed by atoms with E-state index in [2.05, 4.69) is 20.7 Å². The Morgan fingerprint density at radius 1 is 1.02 bits per heavy atom. The first-order chi connectivity index (χ1) is 26.4. The molecule has 0 spiro atoms. The molecule has 3 amide bonds. The molecule has 2 aromatic carbocycles. The Morgan fingerprint density at radius 3 is 2.45 bits per heavy atom. The third-order valence-corrected chi connectivity index (χ3v) is 11.1. The first kappa shape index (κ1) is 42.3. The Morgan fingerprint density at radius 2 is 1.75 bits per heavy atom. The van der Waals surface area contributed by atoms with Crippen molar-refractivity contribution < 1.29 is 41.8 Å². The lowest BCUT2D eigenvalue weighted by molar-refractivity contribution is -0.143. The van der Waals surface area contributed by atoms with Gasteiger partial charge in [-0.25, -0.2) is 13.1 Å². The fourth-order valence-corrected chi connectivity index (χ4v) is 7.98. The van der Waals surface area contributed by atoms with Crippen LogP contribution in [-0.4, -0.2) is 113 Å². The van der Waals surface area contributed by atoms with Crippen molar-refractivity contribution in [1.82, 2.24) is 25.6 Å². The predicted octanol–water partition coefficient (Wildman–Crippen LogP) is 1.66. The minimum Gasteiger partial charge on any atom is -0.486 e. The van der Waals surface area contributed by atoms with Crippen LogP contribution in [0.2, 0.25) is 5.02 Å². The third kappa shape index (κ3) is 12.9. The van der Waals surface area contributed by atoms with Crippen molar-refractivity contribution in [2.45, 2.75) is 88.3 Å². The van der Waals surface area contributed by atoms with E-state index in [1.54, 1.807) is 30.3 Å². The molecule has 5 rings (SSSR count). The van der Waals surface area contributed by atoms with Gasteiger partial charge < -0.3 is 40.8 Å². The van der Waals surface area contributed by atoms with Gasteiger partial charge in [-0.05, 0) is 100 Å². The molecule has 3 aliphatic heterocycles. The number of sulfonamides is 1. The number of nitrogens with two attached hydrogens (primary N) is 1. The van der Waals surface area contributed by atoms with Crippen LogP contribution in [-0.2, 0) is 40.5 Å². The zero-order chi connectivity index (χ0) is 39.4. The van der Waals surface area contributed by atoms with E-state index in [1.807, 2.05) is 18.2 Å². The van der Waals surface area contributed by atoms with Crippen LogP contribution < -0.4 is 35.9 Å². The summed E-state index contributed by atoms with van der Waals surface area (Å²) in [5.74, 6) is -1.53. The largest absolute Gasteiger partial charge is 0.486 e. The van der Waals surface area contributed by atoms with Gasteiger partial charge in [-0.3, -0.25) is 19.2 Å². The van der Waals surface area contributed by atoms with Crippen molar-refractivity contribution in [2.24, 2.45) is 11.7 Å². The lowest BCUT2D eigenvalue weighted by Gasteiger charge is -2.30. The molecule has 2 saturated heterocycles. The van der Waals surface area contributed by atoms with Gasteiger partial charge in [0.25, 0.3) is 5.91 Å². The van der Waals surface area contributed by atoms with E-state index in [-0.39, 0.29) is 45.6 Å². The molecule has 17 heteroatoms. The number of para-hydroxylation sites is 2. The van der Waals surface area contributed by atoms with E-state index in [9.17, 15) is 27.6 Å². The third-order valence-electron chi connectivity index (χ3n) is 10.1. The summed E-state index contributed by atoms with van der Waals surface area (Å²) in [5.41, 5.74) is 6.54. The molecule has 55 heavy (non-hydrogen) atoms. The highest BCUT2D eigenvalue weighted by Gasteiger charge is 2.44. The van der Waals surface area contributed by atoms with Gasteiger partial charge in [0.15, 0.2) is 11.5 Å². The molecule has 3 heterocycles. The standard InChI is InChI=1S/C38H53ClN6O9S/c1-55(50,51)44-31(14-11-25-15-18-41-19-16-25)38(49)45-22-28(52-23-26-9-12-27(39)13-10-26)20-32(45)36(47)43-30(6-4-5-17-40)35(46)37(48)42-21-29-24-53-33-7-2-3-8-34(33)54-29/h2-3,7-10,12-13,25,28-32,41,44H,4-6,11,14-24,40H2,1H3,(H,42,48)(H,43,47)/t28-,29?,30+,31-,32+/m1/s1. The SMILES string of the molecule is CS(=O)(=O)N[C@H](CCC1CCNCC1)C(=O)N1C[C@H](OCc2ccc(Cl)cc2)C[C@H]1C(=O)N[C@@H](CCCCN)C(=O)C(=O)NCC1COc2ccccc2O1. The maximum absolute atomic E-state index is 14.3. The quantitative estimate of drug-likeness (QED) is 0.102. The summed E-state index contributed by atoms with van der Waals surface area (Å²) >= 11 is 6.04. The minimum absolute atomic E-state index is 0.00793. The maximum Gasteiger partial charge on any atom is 0.289 e. The van der Waals surface area contributed by atoms with Crippen molar-refractivity contribution in [3.05, 3.63) is 59.1 Å². The molecule has 1 unspecified atom stereocenters. The van der Waals surface area contributed by atoms with Gasteiger partial charge in [-0.2, -0.15) is 0 Å². The van der Waals surface area contributed by atoms with Gasteiger partial charge in [-0.15, -0.1) is 0 Å². The number of ether oxygens (including phenoxy) is 3. The molecule has 15 nitrogen and oxygen atoms in total. The zero-order valence-corrected chi connectivity index (χ0v) is 32.7. The molecule has 0 bridgehead atoms. The number of ketones is 1. The summed E-state index contributed by atoms with van der Waals surface area (Å²) in [6, 6.07) is 10.8. The molecule has 0 radical (unpaired) electrons. The first-order valence-electron chi connectivity index (χ1n) is 19.0. The number of fused-ring (bicyclic) bond motifs is 1. The number of piperidine rings is 1. The number of amides is 3. The Bertz CT molecular complexity index is 1730. The number of likely N-dealkylation sites (tertiary alicyclic amines) is 1. The van der Waals surface area contributed by atoms with Gasteiger partial charge in [0.2, 0.25) is 27.6 Å². The molecule has 0 saturated carbocycles. The number of nitrogens with zero attached hydrogens (tertiary/aromatic N) is 1. The van der Waals surface area contributed by atoms with Crippen molar-refractivity contribution in [3.8, 4) is 11.5 Å². The van der Waals surface area contributed by atoms with Crippen LogP contribution in [0.3, 0.4) is 0 Å². The van der Waals surface area contributed by atoms with Crippen LogP contribution in [0.4, 0.5) is 0 Å². The topological polar surface area (TPSA) is 207 Å². The molecule has 0 aliphatic carbocycles. The Hall–Kier alpha value is -3.80. The van der Waals surface area contributed by atoms with E-state index in [0.717, 1.165) is 37.8 Å². The van der Waals surface area contributed by atoms with Crippen molar-refractivity contribution in [1.29, 1.82) is 0 Å². The number of hydrogen-bond acceptors (Lipinski definition) is 11. The molecular weight excluding hydrogens is 752 g/mol. The molecule has 0 aromatic heterocycles. The highest BCUT2D eigenvalue weighted by molar-refractivity contribution is 7.88. The molecule has 2 aromatic rings. The number of rotatable bonds is 19. The number of carbonyl (C=O) groups excluding carboxylic acids is 4. The number of Topliss-reactive ketones (excluding diaryl/α,β-unsaturated/α-hetero) is 1. The average Bonchev–Trinajstić information content (AvgIpc) is 3.62. The first-order valence-corrected chi connectivity index (χ1v) is 21.2. The molecule has 3 aliphatic rings. The van der Waals surface area contributed by atoms with Crippen LogP contribution >= 0.6 is 11.6 Å². The monoisotopic (exact) mass is 804 g/mol. The second kappa shape index (κ2) is 20.4. The summed E-state index contributed by atoms with van der Waals surface area (Å²) in [7, 11) is -3.80. The average molecular weight is 805 g/mol. The summed E-state index contributed by atoms with van der Waals surface area (Å²) < 4.78 is 45.3. The van der Waals surface area contributed by atoms with E-state index in [1.165, 1.54) is 4.90 Å². The number of benzene rings is 2. The van der Waals surface area contributed by atoms with Gasteiger partial charge in [0.05, 0.1) is 31.6 Å². The highest BCUT2D eigenvalue weighted by atomic mass is 35.5. The predicted molar refractivity (Wildman–Crippen MR) is 206 cm³/mol. The van der Waals surface area contributed by atoms with E-state index >= 15 is 0 Å². The zero-order valence-electron chi connectivity index (χ0n) is 31.2. The number of halogens is 1.